The first-order chi connectivity index (χ1) is 8.40. The van der Waals surface area contributed by atoms with Gasteiger partial charge in [-0.15, -0.1) is 0 Å². The number of nitrogens with one attached hydrogen (secondary N) is 2. The highest BCUT2D eigenvalue weighted by Crippen LogP contribution is 2.05. The molecule has 2 saturated heterocycles. The third kappa shape index (κ3) is 4.57. The number of aliphatic hydroxyl groups is 2. The average Bonchev–Trinajstić information content (AvgIpc) is 2.88. The lowest BCUT2D eigenvalue weighted by Gasteiger charge is -1.99. The standard InChI is InChI=1S/2C5H9NO3/c2*7-3-1-4(5(8)9)6-2-3/h2*3-4,6-7H,1-2H2,(H,8,9)/t3-,4?;/m0./s1. The maximum absolute atomic E-state index is 10.2. The quantitative estimate of drug-likeness (QED) is 0.323. The monoisotopic (exact) mass is 262 g/mol. The zero-order valence-corrected chi connectivity index (χ0v) is 9.74. The van der Waals surface area contributed by atoms with Crippen LogP contribution in [-0.4, -0.2) is 69.7 Å². The summed E-state index contributed by atoms with van der Waals surface area (Å²) >= 11 is 0. The minimum atomic E-state index is -0.883. The molecule has 2 fully saturated rings. The van der Waals surface area contributed by atoms with Gasteiger partial charge in [0.1, 0.15) is 12.1 Å². The van der Waals surface area contributed by atoms with E-state index >= 15 is 0 Å². The van der Waals surface area contributed by atoms with Crippen molar-refractivity contribution in [3.8, 4) is 0 Å². The van der Waals surface area contributed by atoms with Crippen molar-refractivity contribution < 1.29 is 30.0 Å². The summed E-state index contributed by atoms with van der Waals surface area (Å²) in [6, 6.07) is -1.08. The van der Waals surface area contributed by atoms with Crippen LogP contribution in [0.4, 0.5) is 0 Å². The van der Waals surface area contributed by atoms with E-state index in [1.165, 1.54) is 0 Å². The van der Waals surface area contributed by atoms with Crippen LogP contribution < -0.4 is 10.6 Å². The van der Waals surface area contributed by atoms with Crippen molar-refractivity contribution in [2.75, 3.05) is 13.1 Å². The van der Waals surface area contributed by atoms with E-state index < -0.39 is 36.2 Å². The maximum Gasteiger partial charge on any atom is 0.320 e. The molecule has 0 amide bonds. The van der Waals surface area contributed by atoms with Crippen LogP contribution in [0.1, 0.15) is 12.8 Å². The van der Waals surface area contributed by atoms with E-state index in [0.29, 0.717) is 25.9 Å². The van der Waals surface area contributed by atoms with E-state index in [0.717, 1.165) is 0 Å². The molecule has 0 aliphatic carbocycles. The summed E-state index contributed by atoms with van der Waals surface area (Å²) in [5, 5.41) is 39.7. The fraction of sp³-hybridized carbons (Fsp3) is 0.800. The molecule has 0 radical (unpaired) electrons. The molecule has 18 heavy (non-hydrogen) atoms. The van der Waals surface area contributed by atoms with Gasteiger partial charge in [-0.25, -0.2) is 0 Å². The van der Waals surface area contributed by atoms with Crippen LogP contribution in [-0.2, 0) is 9.59 Å². The third-order valence-corrected chi connectivity index (χ3v) is 2.81. The molecule has 0 aromatic rings. The smallest absolute Gasteiger partial charge is 0.320 e. The number of aliphatic hydroxyl groups excluding tert-OH is 2. The van der Waals surface area contributed by atoms with Crippen molar-refractivity contribution in [1.82, 2.24) is 10.6 Å². The molecule has 0 bridgehead atoms. The van der Waals surface area contributed by atoms with Crippen LogP contribution in [0.3, 0.4) is 0 Å². The predicted molar refractivity (Wildman–Crippen MR) is 60.1 cm³/mol. The fourth-order valence-electron chi connectivity index (χ4n) is 1.81. The lowest BCUT2D eigenvalue weighted by Crippen LogP contribution is -2.29. The second-order valence-corrected chi connectivity index (χ2v) is 4.38. The van der Waals surface area contributed by atoms with Crippen LogP contribution in [0.15, 0.2) is 0 Å². The van der Waals surface area contributed by atoms with Gasteiger partial charge in [-0.3, -0.25) is 9.59 Å². The largest absolute Gasteiger partial charge is 0.480 e. The first-order valence-corrected chi connectivity index (χ1v) is 5.68. The Morgan fingerprint density at radius 3 is 1.28 bits per heavy atom. The van der Waals surface area contributed by atoms with Gasteiger partial charge in [0.15, 0.2) is 0 Å². The van der Waals surface area contributed by atoms with E-state index in [1.807, 2.05) is 0 Å². The van der Waals surface area contributed by atoms with Gasteiger partial charge in [0, 0.05) is 25.9 Å². The van der Waals surface area contributed by atoms with Crippen LogP contribution >= 0.6 is 0 Å². The van der Waals surface area contributed by atoms with E-state index in [-0.39, 0.29) is 0 Å². The first kappa shape index (κ1) is 14.8. The summed E-state index contributed by atoms with van der Waals surface area (Å²) < 4.78 is 0. The topological polar surface area (TPSA) is 139 Å². The molecule has 0 spiro atoms. The van der Waals surface area contributed by atoms with Gasteiger partial charge in [-0.2, -0.15) is 0 Å². The van der Waals surface area contributed by atoms with Gasteiger partial charge >= 0.3 is 11.9 Å². The fourth-order valence-corrected chi connectivity index (χ4v) is 1.81. The molecule has 0 saturated carbocycles. The Labute approximate surface area is 104 Å². The number of hydrogen-bond donors (Lipinski definition) is 6. The molecule has 2 rings (SSSR count). The Morgan fingerprint density at radius 2 is 1.17 bits per heavy atom. The van der Waals surface area contributed by atoms with E-state index in [4.69, 9.17) is 20.4 Å². The van der Waals surface area contributed by atoms with E-state index in [9.17, 15) is 9.59 Å². The average molecular weight is 262 g/mol. The Bertz CT molecular complexity index is 281. The second-order valence-electron chi connectivity index (χ2n) is 4.38. The highest BCUT2D eigenvalue weighted by atomic mass is 16.4. The Morgan fingerprint density at radius 1 is 0.833 bits per heavy atom. The molecular weight excluding hydrogens is 244 g/mol. The lowest BCUT2D eigenvalue weighted by molar-refractivity contribution is -0.140. The predicted octanol–water partition coefficient (Wildman–Crippen LogP) is -2.41. The molecule has 4 atom stereocenters. The van der Waals surface area contributed by atoms with Crippen molar-refractivity contribution in [2.45, 2.75) is 37.1 Å². The van der Waals surface area contributed by atoms with Crippen LogP contribution in [0.5, 0.6) is 0 Å². The minimum absolute atomic E-state index is 0.329. The van der Waals surface area contributed by atoms with Crippen molar-refractivity contribution in [2.24, 2.45) is 0 Å². The van der Waals surface area contributed by atoms with Crippen LogP contribution in [0.25, 0.3) is 0 Å². The molecule has 104 valence electrons. The molecule has 8 nitrogen and oxygen atoms in total. The van der Waals surface area contributed by atoms with Crippen molar-refractivity contribution in [3.05, 3.63) is 0 Å². The van der Waals surface area contributed by atoms with Crippen LogP contribution in [0.2, 0.25) is 0 Å². The SMILES string of the molecule is O=C(O)C1CC(O)CN1.O=C(O)C1C[C@H](O)CN1. The third-order valence-electron chi connectivity index (χ3n) is 2.81. The maximum atomic E-state index is 10.2. The zero-order valence-electron chi connectivity index (χ0n) is 9.74. The van der Waals surface area contributed by atoms with Crippen LogP contribution in [0, 0.1) is 0 Å². The van der Waals surface area contributed by atoms with Crippen molar-refractivity contribution in [3.63, 3.8) is 0 Å². The number of carboxylic acid groups (broad SMARTS) is 2. The second kappa shape index (κ2) is 6.64. The van der Waals surface area contributed by atoms with Crippen molar-refractivity contribution in [1.29, 1.82) is 0 Å². The number of rotatable bonds is 2. The molecular formula is C10H18N2O6. The normalized spacial score (nSPS) is 34.8. The van der Waals surface area contributed by atoms with Gasteiger partial charge in [-0.05, 0) is 0 Å². The Kier molecular flexibility index (Phi) is 5.48. The zero-order chi connectivity index (χ0) is 13.7. The Hall–Kier alpha value is -1.22. The molecule has 3 unspecified atom stereocenters. The lowest BCUT2D eigenvalue weighted by atomic mass is 10.2. The number of aliphatic carboxylic acids is 2. The summed E-state index contributed by atoms with van der Waals surface area (Å²) in [6.45, 7) is 0.800. The highest BCUT2D eigenvalue weighted by Gasteiger charge is 2.27. The number of carbonyl (C=O) groups is 2. The van der Waals surface area contributed by atoms with Crippen molar-refractivity contribution >= 4 is 11.9 Å². The van der Waals surface area contributed by atoms with Gasteiger partial charge in [0.05, 0.1) is 12.2 Å². The Balaban J connectivity index is 0.000000180. The summed E-state index contributed by atoms with van der Waals surface area (Å²) in [5.74, 6) is -1.77. The minimum Gasteiger partial charge on any atom is -0.480 e. The molecule has 0 aromatic heterocycles. The molecule has 2 heterocycles. The molecule has 8 heteroatoms. The van der Waals surface area contributed by atoms with Gasteiger partial charge in [0.2, 0.25) is 0 Å². The number of β-amino-alcohol motifs (C(OH)–C–C–N with tert-alkyl or cyclic N) is 2. The van der Waals surface area contributed by atoms with Gasteiger partial charge in [-0.1, -0.05) is 0 Å². The van der Waals surface area contributed by atoms with E-state index in [2.05, 4.69) is 10.6 Å². The molecule has 2 aliphatic heterocycles. The van der Waals surface area contributed by atoms with Gasteiger partial charge in [0.25, 0.3) is 0 Å². The number of carboxylic acids is 2. The van der Waals surface area contributed by atoms with E-state index in [1.54, 1.807) is 0 Å². The summed E-state index contributed by atoms with van der Waals surface area (Å²) in [7, 11) is 0. The summed E-state index contributed by atoms with van der Waals surface area (Å²) in [5.41, 5.74) is 0. The van der Waals surface area contributed by atoms with Gasteiger partial charge < -0.3 is 31.1 Å². The molecule has 0 aromatic carbocycles. The molecule has 2 aliphatic rings. The highest BCUT2D eigenvalue weighted by molar-refractivity contribution is 5.74. The summed E-state index contributed by atoms with van der Waals surface area (Å²) in [4.78, 5) is 20.3. The summed E-state index contributed by atoms with van der Waals surface area (Å²) in [6.07, 6.45) is -0.304. The molecule has 6 N–H and O–H groups in total. The first-order valence-electron chi connectivity index (χ1n) is 5.68. The number of hydrogen-bond acceptors (Lipinski definition) is 6.